The van der Waals surface area contributed by atoms with Crippen molar-refractivity contribution in [3.8, 4) is 0 Å². The van der Waals surface area contributed by atoms with Gasteiger partial charge < -0.3 is 15.3 Å². The van der Waals surface area contributed by atoms with Crippen LogP contribution in [-0.2, 0) is 17.8 Å². The van der Waals surface area contributed by atoms with Crippen molar-refractivity contribution in [1.29, 1.82) is 0 Å². The van der Waals surface area contributed by atoms with Crippen molar-refractivity contribution in [2.75, 3.05) is 18.0 Å². The van der Waals surface area contributed by atoms with Crippen molar-refractivity contribution in [2.45, 2.75) is 19.4 Å². The first kappa shape index (κ1) is 22.7. The molecule has 0 aromatic carbocycles. The fraction of sp³-hybridized carbons (Fsp3) is 0.273. The van der Waals surface area contributed by atoms with Crippen molar-refractivity contribution in [3.63, 3.8) is 0 Å². The van der Waals surface area contributed by atoms with Crippen molar-refractivity contribution < 1.29 is 19.1 Å². The van der Waals surface area contributed by atoms with E-state index in [1.165, 1.54) is 12.4 Å². The van der Waals surface area contributed by atoms with Crippen LogP contribution < -0.4 is 10.2 Å². The summed E-state index contributed by atoms with van der Waals surface area (Å²) in [6.07, 6.45) is 9.24. The molecule has 1 unspecified atom stereocenters. The molecule has 4 heterocycles. The summed E-state index contributed by atoms with van der Waals surface area (Å²) < 4.78 is 13.0. The van der Waals surface area contributed by atoms with Crippen molar-refractivity contribution in [2.24, 2.45) is 5.92 Å². The lowest BCUT2D eigenvalue weighted by atomic mass is 9.99. The molecule has 1 aliphatic rings. The third-order valence-electron chi connectivity index (χ3n) is 4.91. The highest BCUT2D eigenvalue weighted by Crippen LogP contribution is 2.23. The molecule has 0 aliphatic carbocycles. The average molecular weight is 438 g/mol. The Bertz CT molecular complexity index is 1020. The molecule has 2 N–H and O–H groups in total. The summed E-state index contributed by atoms with van der Waals surface area (Å²) in [5.41, 5.74) is 2.36. The number of nitrogens with zero attached hydrogens (tertiary/aromatic N) is 5. The molecule has 4 rings (SSSR count). The third-order valence-corrected chi connectivity index (χ3v) is 4.91. The fourth-order valence-electron chi connectivity index (χ4n) is 3.48. The second-order valence-corrected chi connectivity index (χ2v) is 7.20. The maximum atomic E-state index is 13.0. The van der Waals surface area contributed by atoms with Crippen LogP contribution >= 0.6 is 0 Å². The normalized spacial score (nSPS) is 14.9. The predicted molar refractivity (Wildman–Crippen MR) is 114 cm³/mol. The van der Waals surface area contributed by atoms with E-state index in [9.17, 15) is 9.18 Å². The SMILES string of the molecule is O=C(NCc1ccccn1)c1cncc(CC2CCN(c3ncc(F)cn3)C2)c1.O=CO. The van der Waals surface area contributed by atoms with Gasteiger partial charge in [-0.1, -0.05) is 6.07 Å². The summed E-state index contributed by atoms with van der Waals surface area (Å²) in [5.74, 6) is 0.346. The summed E-state index contributed by atoms with van der Waals surface area (Å²) in [5, 5.41) is 9.76. The van der Waals surface area contributed by atoms with Crippen LogP contribution in [0.4, 0.5) is 10.3 Å². The topological polar surface area (TPSA) is 121 Å². The van der Waals surface area contributed by atoms with Crippen LogP contribution in [0.25, 0.3) is 0 Å². The Kier molecular flexibility index (Phi) is 8.13. The zero-order chi connectivity index (χ0) is 22.8. The Labute approximate surface area is 184 Å². The molecule has 1 fully saturated rings. The maximum absolute atomic E-state index is 13.0. The standard InChI is InChI=1S/C21H21FN6O.CH2O2/c22-18-11-26-21(27-12-18)28-6-4-15(14-28)7-16-8-17(10-23-9-16)20(29)25-13-19-3-1-2-5-24-19;2-1-3/h1-3,5,8-12,15H,4,6-7,13-14H2,(H,25,29);1H,(H,2,3). The average Bonchev–Trinajstić information content (AvgIpc) is 3.28. The summed E-state index contributed by atoms with van der Waals surface area (Å²) in [4.78, 5) is 39.4. The second kappa shape index (κ2) is 11.4. The molecule has 1 saturated heterocycles. The molecule has 32 heavy (non-hydrogen) atoms. The van der Waals surface area contributed by atoms with Gasteiger partial charge in [0, 0.05) is 31.7 Å². The van der Waals surface area contributed by atoms with Crippen molar-refractivity contribution in [1.82, 2.24) is 25.3 Å². The number of halogens is 1. The van der Waals surface area contributed by atoms with E-state index < -0.39 is 5.82 Å². The minimum Gasteiger partial charge on any atom is -0.483 e. The number of carbonyl (C=O) groups is 2. The van der Waals surface area contributed by atoms with Gasteiger partial charge >= 0.3 is 0 Å². The monoisotopic (exact) mass is 438 g/mol. The van der Waals surface area contributed by atoms with Gasteiger partial charge in [0.15, 0.2) is 5.82 Å². The van der Waals surface area contributed by atoms with Gasteiger partial charge in [-0.15, -0.1) is 0 Å². The number of hydrogen-bond donors (Lipinski definition) is 2. The smallest absolute Gasteiger partial charge is 0.290 e. The molecular formula is C22H23FN6O3. The molecule has 10 heteroatoms. The van der Waals surface area contributed by atoms with Gasteiger partial charge in [-0.3, -0.25) is 19.6 Å². The van der Waals surface area contributed by atoms with Gasteiger partial charge in [-0.25, -0.2) is 14.4 Å². The number of nitrogens with one attached hydrogen (secondary N) is 1. The maximum Gasteiger partial charge on any atom is 0.290 e. The molecule has 1 aliphatic heterocycles. The molecule has 166 valence electrons. The van der Waals surface area contributed by atoms with Crippen molar-refractivity contribution >= 4 is 18.3 Å². The van der Waals surface area contributed by atoms with E-state index >= 15 is 0 Å². The molecule has 0 radical (unpaired) electrons. The largest absolute Gasteiger partial charge is 0.483 e. The molecule has 1 atom stereocenters. The van der Waals surface area contributed by atoms with Gasteiger partial charge in [0.1, 0.15) is 0 Å². The minimum absolute atomic E-state index is 0.169. The Morgan fingerprint density at radius 1 is 1.22 bits per heavy atom. The number of hydrogen-bond acceptors (Lipinski definition) is 7. The molecule has 1 amide bonds. The van der Waals surface area contributed by atoms with Crippen LogP contribution in [0, 0.1) is 11.7 Å². The summed E-state index contributed by atoms with van der Waals surface area (Å²) in [6, 6.07) is 7.48. The van der Waals surface area contributed by atoms with Crippen LogP contribution in [0.2, 0.25) is 0 Å². The van der Waals surface area contributed by atoms with E-state index in [-0.39, 0.29) is 12.4 Å². The highest BCUT2D eigenvalue weighted by Gasteiger charge is 2.25. The number of pyridine rings is 2. The van der Waals surface area contributed by atoms with E-state index in [4.69, 9.17) is 9.90 Å². The molecule has 3 aromatic rings. The van der Waals surface area contributed by atoms with Crippen LogP contribution in [0.15, 0.2) is 55.2 Å². The summed E-state index contributed by atoms with van der Waals surface area (Å²) in [6.45, 7) is 1.74. The quantitative estimate of drug-likeness (QED) is 0.562. The first-order valence-electron chi connectivity index (χ1n) is 10.0. The predicted octanol–water partition coefficient (Wildman–Crippen LogP) is 2.11. The van der Waals surface area contributed by atoms with E-state index in [1.807, 2.05) is 24.3 Å². The molecule has 9 nitrogen and oxygen atoms in total. The van der Waals surface area contributed by atoms with Crippen LogP contribution in [0.1, 0.15) is 28.0 Å². The van der Waals surface area contributed by atoms with Gasteiger partial charge in [0.25, 0.3) is 12.4 Å². The first-order valence-corrected chi connectivity index (χ1v) is 10.0. The molecule has 0 bridgehead atoms. The Morgan fingerprint density at radius 2 is 2.00 bits per heavy atom. The van der Waals surface area contributed by atoms with Gasteiger partial charge in [-0.05, 0) is 42.5 Å². The number of rotatable bonds is 6. The summed E-state index contributed by atoms with van der Waals surface area (Å²) in [7, 11) is 0. The third kappa shape index (κ3) is 6.53. The van der Waals surface area contributed by atoms with Crippen LogP contribution in [0.5, 0.6) is 0 Å². The highest BCUT2D eigenvalue weighted by molar-refractivity contribution is 5.93. The number of carboxylic acid groups (broad SMARTS) is 1. The van der Waals surface area contributed by atoms with E-state index in [0.29, 0.717) is 24.0 Å². The Hall–Kier alpha value is -3.95. The van der Waals surface area contributed by atoms with Gasteiger partial charge in [0.2, 0.25) is 5.95 Å². The second-order valence-electron chi connectivity index (χ2n) is 7.20. The minimum atomic E-state index is -0.436. The van der Waals surface area contributed by atoms with Gasteiger partial charge in [-0.2, -0.15) is 0 Å². The molecule has 3 aromatic heterocycles. The number of aromatic nitrogens is 4. The Morgan fingerprint density at radius 3 is 2.72 bits per heavy atom. The van der Waals surface area contributed by atoms with Crippen molar-refractivity contribution in [3.05, 3.63) is 77.9 Å². The highest BCUT2D eigenvalue weighted by atomic mass is 19.1. The fourth-order valence-corrected chi connectivity index (χ4v) is 3.48. The van der Waals surface area contributed by atoms with E-state index in [1.54, 1.807) is 18.6 Å². The van der Waals surface area contributed by atoms with Crippen LogP contribution in [0.3, 0.4) is 0 Å². The number of anilines is 1. The summed E-state index contributed by atoms with van der Waals surface area (Å²) >= 11 is 0. The zero-order valence-electron chi connectivity index (χ0n) is 17.3. The lowest BCUT2D eigenvalue weighted by Gasteiger charge is -2.16. The molecular weight excluding hydrogens is 415 g/mol. The number of amides is 1. The molecule has 0 spiro atoms. The lowest BCUT2D eigenvalue weighted by Crippen LogP contribution is -2.24. The lowest BCUT2D eigenvalue weighted by molar-refractivity contribution is -0.122. The van der Waals surface area contributed by atoms with E-state index in [2.05, 4.69) is 30.2 Å². The first-order chi connectivity index (χ1) is 15.6. The zero-order valence-corrected chi connectivity index (χ0v) is 17.3. The molecule has 0 saturated carbocycles. The van der Waals surface area contributed by atoms with Gasteiger partial charge in [0.05, 0.1) is 30.2 Å². The number of carbonyl (C=O) groups excluding carboxylic acids is 1. The van der Waals surface area contributed by atoms with Crippen LogP contribution in [-0.4, -0.2) is 50.5 Å². The Balaban J connectivity index is 0.000000913. The van der Waals surface area contributed by atoms with E-state index in [0.717, 1.165) is 37.2 Å².